The first-order chi connectivity index (χ1) is 9.80. The van der Waals surface area contributed by atoms with Crippen LogP contribution in [-0.2, 0) is 4.79 Å². The SMILES string of the molecule is COc1ccc(NC(=O)CCN(C)C(C)(C)CO)c(N)c1. The zero-order valence-electron chi connectivity index (χ0n) is 13.1. The van der Waals surface area contributed by atoms with Crippen molar-refractivity contribution in [1.29, 1.82) is 0 Å². The molecule has 1 aromatic rings. The van der Waals surface area contributed by atoms with Gasteiger partial charge in [0.1, 0.15) is 5.75 Å². The van der Waals surface area contributed by atoms with Crippen LogP contribution in [0, 0.1) is 0 Å². The molecule has 0 spiro atoms. The number of aliphatic hydroxyl groups excluding tert-OH is 1. The average Bonchev–Trinajstić information content (AvgIpc) is 2.46. The van der Waals surface area contributed by atoms with Crippen molar-refractivity contribution in [3.8, 4) is 5.75 Å². The van der Waals surface area contributed by atoms with Crippen LogP contribution < -0.4 is 15.8 Å². The van der Waals surface area contributed by atoms with E-state index in [2.05, 4.69) is 5.32 Å². The zero-order chi connectivity index (χ0) is 16.0. The molecule has 0 unspecified atom stereocenters. The molecule has 0 saturated carbocycles. The number of amides is 1. The van der Waals surface area contributed by atoms with Crippen LogP contribution in [0.4, 0.5) is 11.4 Å². The number of benzene rings is 1. The van der Waals surface area contributed by atoms with E-state index >= 15 is 0 Å². The number of aliphatic hydroxyl groups is 1. The smallest absolute Gasteiger partial charge is 0.225 e. The molecular formula is C15H25N3O3. The lowest BCUT2D eigenvalue weighted by Gasteiger charge is -2.33. The lowest BCUT2D eigenvalue weighted by Crippen LogP contribution is -2.45. The summed E-state index contributed by atoms with van der Waals surface area (Å²) < 4.78 is 5.06. The first-order valence-electron chi connectivity index (χ1n) is 6.85. The van der Waals surface area contributed by atoms with Crippen molar-refractivity contribution in [1.82, 2.24) is 4.90 Å². The molecule has 0 fully saturated rings. The molecule has 1 aromatic carbocycles. The van der Waals surface area contributed by atoms with E-state index in [0.29, 0.717) is 30.1 Å². The zero-order valence-corrected chi connectivity index (χ0v) is 13.1. The fraction of sp³-hybridized carbons (Fsp3) is 0.533. The summed E-state index contributed by atoms with van der Waals surface area (Å²) in [6, 6.07) is 5.12. The Morgan fingerprint density at radius 2 is 2.14 bits per heavy atom. The number of nitrogens with one attached hydrogen (secondary N) is 1. The molecule has 0 aromatic heterocycles. The Bertz CT molecular complexity index is 489. The van der Waals surface area contributed by atoms with Crippen molar-refractivity contribution in [3.05, 3.63) is 18.2 Å². The summed E-state index contributed by atoms with van der Waals surface area (Å²) in [6.45, 7) is 4.44. The number of rotatable bonds is 7. The van der Waals surface area contributed by atoms with Crippen LogP contribution in [0.5, 0.6) is 5.75 Å². The van der Waals surface area contributed by atoms with Gasteiger partial charge in [0.2, 0.25) is 5.91 Å². The van der Waals surface area contributed by atoms with Gasteiger partial charge < -0.3 is 20.9 Å². The molecule has 0 aliphatic carbocycles. The molecule has 0 aliphatic rings. The van der Waals surface area contributed by atoms with Gasteiger partial charge in [-0.05, 0) is 33.0 Å². The number of hydrogen-bond donors (Lipinski definition) is 3. The van der Waals surface area contributed by atoms with E-state index in [1.54, 1.807) is 25.3 Å². The number of likely N-dealkylation sites (N-methyl/N-ethyl adjacent to an activating group) is 1. The van der Waals surface area contributed by atoms with Crippen LogP contribution in [0.15, 0.2) is 18.2 Å². The summed E-state index contributed by atoms with van der Waals surface area (Å²) in [5.74, 6) is 0.530. The number of nitrogen functional groups attached to an aromatic ring is 1. The number of carbonyl (C=O) groups excluding carboxylic acids is 1. The first kappa shape index (κ1) is 17.3. The number of nitrogens with two attached hydrogens (primary N) is 1. The highest BCUT2D eigenvalue weighted by atomic mass is 16.5. The molecule has 0 aliphatic heterocycles. The molecule has 0 radical (unpaired) electrons. The first-order valence-corrected chi connectivity index (χ1v) is 6.85. The maximum atomic E-state index is 12.0. The minimum absolute atomic E-state index is 0.0382. The highest BCUT2D eigenvalue weighted by molar-refractivity contribution is 5.94. The van der Waals surface area contributed by atoms with Gasteiger partial charge in [0.05, 0.1) is 25.1 Å². The van der Waals surface area contributed by atoms with Crippen LogP contribution in [0.2, 0.25) is 0 Å². The number of anilines is 2. The van der Waals surface area contributed by atoms with Gasteiger partial charge in [-0.15, -0.1) is 0 Å². The molecular weight excluding hydrogens is 270 g/mol. The highest BCUT2D eigenvalue weighted by Gasteiger charge is 2.22. The maximum Gasteiger partial charge on any atom is 0.225 e. The van der Waals surface area contributed by atoms with Gasteiger partial charge in [0.15, 0.2) is 0 Å². The Labute approximate surface area is 125 Å². The second kappa shape index (κ2) is 7.28. The fourth-order valence-corrected chi connectivity index (χ4v) is 1.69. The average molecular weight is 295 g/mol. The molecule has 0 heterocycles. The highest BCUT2D eigenvalue weighted by Crippen LogP contribution is 2.24. The molecule has 4 N–H and O–H groups in total. The molecule has 1 rings (SSSR count). The molecule has 6 nitrogen and oxygen atoms in total. The molecule has 118 valence electrons. The van der Waals surface area contributed by atoms with Crippen LogP contribution in [0.3, 0.4) is 0 Å². The minimum Gasteiger partial charge on any atom is -0.497 e. The van der Waals surface area contributed by atoms with E-state index < -0.39 is 0 Å². The van der Waals surface area contributed by atoms with Crippen molar-refractivity contribution in [3.63, 3.8) is 0 Å². The third-order valence-corrected chi connectivity index (χ3v) is 3.63. The molecule has 0 atom stereocenters. The van der Waals surface area contributed by atoms with Crippen molar-refractivity contribution in [2.45, 2.75) is 25.8 Å². The normalized spacial score (nSPS) is 11.5. The van der Waals surface area contributed by atoms with E-state index in [1.165, 1.54) is 0 Å². The van der Waals surface area contributed by atoms with Crippen LogP contribution in [-0.4, -0.2) is 48.8 Å². The Kier molecular flexibility index (Phi) is 5.99. The van der Waals surface area contributed by atoms with Gasteiger partial charge in [-0.1, -0.05) is 0 Å². The van der Waals surface area contributed by atoms with Crippen molar-refractivity contribution in [2.75, 3.05) is 38.4 Å². The maximum absolute atomic E-state index is 12.0. The summed E-state index contributed by atoms with van der Waals surface area (Å²) in [5, 5.41) is 12.1. The monoisotopic (exact) mass is 295 g/mol. The lowest BCUT2D eigenvalue weighted by atomic mass is 10.1. The number of carbonyl (C=O) groups is 1. The summed E-state index contributed by atoms with van der Waals surface area (Å²) in [6.07, 6.45) is 0.325. The lowest BCUT2D eigenvalue weighted by molar-refractivity contribution is -0.116. The molecule has 0 bridgehead atoms. The molecule has 6 heteroatoms. The largest absolute Gasteiger partial charge is 0.497 e. The Hall–Kier alpha value is -1.79. The standard InChI is InChI=1S/C15H25N3O3/c1-15(2,10-19)18(3)8-7-14(20)17-13-6-5-11(21-4)9-12(13)16/h5-6,9,19H,7-8,10,16H2,1-4H3,(H,17,20). The molecule has 1 amide bonds. The van der Waals surface area contributed by atoms with Crippen molar-refractivity contribution < 1.29 is 14.6 Å². The predicted molar refractivity (Wildman–Crippen MR) is 84.4 cm³/mol. The van der Waals surface area contributed by atoms with Crippen LogP contribution >= 0.6 is 0 Å². The summed E-state index contributed by atoms with van der Waals surface area (Å²) in [4.78, 5) is 13.9. The van der Waals surface area contributed by atoms with Gasteiger partial charge in [-0.2, -0.15) is 0 Å². The van der Waals surface area contributed by atoms with E-state index in [4.69, 9.17) is 10.5 Å². The Morgan fingerprint density at radius 3 is 2.67 bits per heavy atom. The third kappa shape index (κ3) is 4.91. The number of hydrogen-bond acceptors (Lipinski definition) is 5. The van der Waals surface area contributed by atoms with Crippen LogP contribution in [0.25, 0.3) is 0 Å². The van der Waals surface area contributed by atoms with Gasteiger partial charge in [-0.3, -0.25) is 9.69 Å². The second-order valence-electron chi connectivity index (χ2n) is 5.64. The Balaban J connectivity index is 2.55. The topological polar surface area (TPSA) is 87.8 Å². The number of nitrogens with zero attached hydrogens (tertiary/aromatic N) is 1. The fourth-order valence-electron chi connectivity index (χ4n) is 1.69. The molecule has 21 heavy (non-hydrogen) atoms. The summed E-state index contributed by atoms with van der Waals surface area (Å²) in [7, 11) is 3.44. The van der Waals surface area contributed by atoms with E-state index in [0.717, 1.165) is 0 Å². The molecule has 0 saturated heterocycles. The third-order valence-electron chi connectivity index (χ3n) is 3.63. The second-order valence-corrected chi connectivity index (χ2v) is 5.64. The van der Waals surface area contributed by atoms with E-state index in [-0.39, 0.29) is 18.1 Å². The Morgan fingerprint density at radius 1 is 1.48 bits per heavy atom. The van der Waals surface area contributed by atoms with Gasteiger partial charge >= 0.3 is 0 Å². The number of ether oxygens (including phenoxy) is 1. The number of methoxy groups -OCH3 is 1. The van der Waals surface area contributed by atoms with Crippen LogP contribution in [0.1, 0.15) is 20.3 Å². The summed E-state index contributed by atoms with van der Waals surface area (Å²) in [5.41, 5.74) is 6.54. The van der Waals surface area contributed by atoms with Crippen molar-refractivity contribution >= 4 is 17.3 Å². The minimum atomic E-state index is -0.348. The van der Waals surface area contributed by atoms with Gasteiger partial charge in [0.25, 0.3) is 0 Å². The quantitative estimate of drug-likeness (QED) is 0.660. The van der Waals surface area contributed by atoms with Crippen molar-refractivity contribution in [2.24, 2.45) is 0 Å². The van der Waals surface area contributed by atoms with Gasteiger partial charge in [-0.25, -0.2) is 0 Å². The van der Waals surface area contributed by atoms with E-state index in [1.807, 2.05) is 25.8 Å². The predicted octanol–water partition coefficient (Wildman–Crippen LogP) is 1.31. The summed E-state index contributed by atoms with van der Waals surface area (Å²) >= 11 is 0. The van der Waals surface area contributed by atoms with Gasteiger partial charge in [0, 0.05) is 24.6 Å². The van der Waals surface area contributed by atoms with E-state index in [9.17, 15) is 9.90 Å².